The van der Waals surface area contributed by atoms with Crippen LogP contribution in [0.2, 0.25) is 0 Å². The number of Topliss-reactive ketones (excluding diaryl/α,β-unsaturated/α-hetero) is 1. The van der Waals surface area contributed by atoms with E-state index in [-0.39, 0.29) is 0 Å². The molecule has 0 bridgehead atoms. The molecule has 1 aromatic carbocycles. The summed E-state index contributed by atoms with van der Waals surface area (Å²) in [5.41, 5.74) is 0. The first-order chi connectivity index (χ1) is 7.09. The van der Waals surface area contributed by atoms with Gasteiger partial charge in [-0.3, -0.25) is 9.59 Å². The third kappa shape index (κ3) is 3.89. The van der Waals surface area contributed by atoms with Gasteiger partial charge in [-0.1, -0.05) is 18.2 Å². The molecule has 4 heteroatoms. The lowest BCUT2D eigenvalue weighted by Crippen LogP contribution is -2.19. The second-order valence-electron chi connectivity index (χ2n) is 3.05. The Bertz CT molecular complexity index is 346. The Labute approximate surface area is 86.9 Å². The van der Waals surface area contributed by atoms with Gasteiger partial charge in [-0.25, -0.2) is 4.39 Å². The fourth-order valence-electron chi connectivity index (χ4n) is 0.939. The Balaban J connectivity index is 2.47. The van der Waals surface area contributed by atoms with Crippen LogP contribution in [-0.4, -0.2) is 17.9 Å². The fourth-order valence-corrected chi connectivity index (χ4v) is 0.939. The zero-order valence-corrected chi connectivity index (χ0v) is 8.27. The van der Waals surface area contributed by atoms with Crippen LogP contribution in [-0.2, 0) is 9.59 Å². The van der Waals surface area contributed by atoms with Crippen LogP contribution in [0.5, 0.6) is 5.75 Å². The van der Waals surface area contributed by atoms with Crippen LogP contribution in [0.3, 0.4) is 0 Å². The summed E-state index contributed by atoms with van der Waals surface area (Å²) in [5, 5.41) is 0. The van der Waals surface area contributed by atoms with E-state index in [1.54, 1.807) is 30.3 Å². The molecule has 0 saturated heterocycles. The normalized spacial score (nSPS) is 11.9. The Kier molecular flexibility index (Phi) is 3.97. The summed E-state index contributed by atoms with van der Waals surface area (Å²) in [6.07, 6.45) is -2.17. The number of carbonyl (C=O) groups is 2. The molecule has 0 fully saturated rings. The predicted molar refractivity (Wildman–Crippen MR) is 52.3 cm³/mol. The van der Waals surface area contributed by atoms with Crippen molar-refractivity contribution in [3.05, 3.63) is 30.3 Å². The molecule has 0 aliphatic carbocycles. The molecule has 0 saturated carbocycles. The van der Waals surface area contributed by atoms with Crippen molar-refractivity contribution in [2.45, 2.75) is 19.5 Å². The quantitative estimate of drug-likeness (QED) is 0.433. The molecule has 0 heterocycles. The van der Waals surface area contributed by atoms with Crippen LogP contribution < -0.4 is 4.74 Å². The summed E-state index contributed by atoms with van der Waals surface area (Å²) in [6.45, 7) is 1.10. The van der Waals surface area contributed by atoms with Crippen molar-refractivity contribution < 1.29 is 18.7 Å². The van der Waals surface area contributed by atoms with Crippen LogP contribution in [0.4, 0.5) is 4.39 Å². The van der Waals surface area contributed by atoms with Gasteiger partial charge in [0.2, 0.25) is 0 Å². The van der Waals surface area contributed by atoms with E-state index in [2.05, 4.69) is 0 Å². The second-order valence-corrected chi connectivity index (χ2v) is 3.05. The van der Waals surface area contributed by atoms with Crippen molar-refractivity contribution in [3.8, 4) is 5.75 Å². The largest absolute Gasteiger partial charge is 0.426 e. The van der Waals surface area contributed by atoms with Crippen molar-refractivity contribution in [2.75, 3.05) is 0 Å². The molecule has 1 unspecified atom stereocenters. The van der Waals surface area contributed by atoms with Crippen molar-refractivity contribution in [1.82, 2.24) is 0 Å². The van der Waals surface area contributed by atoms with E-state index in [0.29, 0.717) is 5.75 Å². The number of para-hydroxylation sites is 1. The van der Waals surface area contributed by atoms with Gasteiger partial charge < -0.3 is 4.74 Å². The standard InChI is InChI=1S/C11H11FO3/c1-8(12)10(13)7-11(14)15-9-5-3-2-4-6-9/h2-6,8H,7H2,1H3. The topological polar surface area (TPSA) is 43.4 Å². The van der Waals surface area contributed by atoms with Crippen molar-refractivity contribution >= 4 is 11.8 Å². The van der Waals surface area contributed by atoms with Gasteiger partial charge in [-0.05, 0) is 19.1 Å². The molecule has 0 spiro atoms. The highest BCUT2D eigenvalue weighted by molar-refractivity contribution is 5.98. The van der Waals surface area contributed by atoms with E-state index in [9.17, 15) is 14.0 Å². The SMILES string of the molecule is CC(F)C(=O)CC(=O)Oc1ccccc1. The minimum atomic E-state index is -1.63. The minimum Gasteiger partial charge on any atom is -0.426 e. The molecule has 15 heavy (non-hydrogen) atoms. The molecular formula is C11H11FO3. The number of benzene rings is 1. The number of halogens is 1. The van der Waals surface area contributed by atoms with Crippen molar-refractivity contribution in [2.24, 2.45) is 0 Å². The van der Waals surface area contributed by atoms with E-state index < -0.39 is 24.3 Å². The number of alkyl halides is 1. The van der Waals surface area contributed by atoms with Crippen molar-refractivity contribution in [3.63, 3.8) is 0 Å². The lowest BCUT2D eigenvalue weighted by molar-refractivity contribution is -0.139. The zero-order chi connectivity index (χ0) is 11.3. The van der Waals surface area contributed by atoms with Crippen molar-refractivity contribution in [1.29, 1.82) is 0 Å². The van der Waals surface area contributed by atoms with Gasteiger partial charge >= 0.3 is 5.97 Å². The zero-order valence-electron chi connectivity index (χ0n) is 8.27. The number of carbonyl (C=O) groups excluding carboxylic acids is 2. The van der Waals surface area contributed by atoms with Gasteiger partial charge in [0, 0.05) is 0 Å². The number of ketones is 1. The first kappa shape index (κ1) is 11.4. The van der Waals surface area contributed by atoms with Crippen LogP contribution in [0.15, 0.2) is 30.3 Å². The first-order valence-electron chi connectivity index (χ1n) is 4.52. The highest BCUT2D eigenvalue weighted by atomic mass is 19.1. The predicted octanol–water partition coefficient (Wildman–Crippen LogP) is 1.91. The maximum atomic E-state index is 12.4. The van der Waals surface area contributed by atoms with Crippen LogP contribution in [0.1, 0.15) is 13.3 Å². The van der Waals surface area contributed by atoms with Gasteiger partial charge in [0.25, 0.3) is 0 Å². The number of ether oxygens (including phenoxy) is 1. The molecule has 3 nitrogen and oxygen atoms in total. The minimum absolute atomic E-state index is 0.349. The van der Waals surface area contributed by atoms with E-state index in [4.69, 9.17) is 4.74 Å². The summed E-state index contributed by atoms with van der Waals surface area (Å²) in [7, 11) is 0. The van der Waals surface area contributed by atoms with E-state index in [1.807, 2.05) is 0 Å². The van der Waals surface area contributed by atoms with E-state index >= 15 is 0 Å². The highest BCUT2D eigenvalue weighted by Gasteiger charge is 2.17. The summed E-state index contributed by atoms with van der Waals surface area (Å²) in [5.74, 6) is -1.16. The Morgan fingerprint density at radius 1 is 1.33 bits per heavy atom. The molecule has 0 aromatic heterocycles. The maximum absolute atomic E-state index is 12.4. The van der Waals surface area contributed by atoms with E-state index in [1.165, 1.54) is 0 Å². The number of esters is 1. The molecular weight excluding hydrogens is 199 g/mol. The van der Waals surface area contributed by atoms with Crippen LogP contribution in [0, 0.1) is 0 Å². The monoisotopic (exact) mass is 210 g/mol. The second kappa shape index (κ2) is 5.24. The third-order valence-electron chi connectivity index (χ3n) is 1.74. The maximum Gasteiger partial charge on any atom is 0.318 e. The molecule has 0 aliphatic rings. The number of rotatable bonds is 4. The molecule has 1 rings (SSSR count). The summed E-state index contributed by atoms with van der Waals surface area (Å²) >= 11 is 0. The van der Waals surface area contributed by atoms with Gasteiger partial charge in [-0.2, -0.15) is 0 Å². The molecule has 0 aliphatic heterocycles. The van der Waals surface area contributed by atoms with Gasteiger partial charge in [0.15, 0.2) is 12.0 Å². The van der Waals surface area contributed by atoms with Gasteiger partial charge in [0.05, 0.1) is 0 Å². The molecule has 1 aromatic rings. The van der Waals surface area contributed by atoms with Crippen LogP contribution >= 0.6 is 0 Å². The van der Waals surface area contributed by atoms with Gasteiger partial charge in [0.1, 0.15) is 12.2 Å². The molecule has 80 valence electrons. The molecule has 0 amide bonds. The fraction of sp³-hybridized carbons (Fsp3) is 0.273. The first-order valence-corrected chi connectivity index (χ1v) is 4.52. The van der Waals surface area contributed by atoms with Gasteiger partial charge in [-0.15, -0.1) is 0 Å². The number of hydrogen-bond acceptors (Lipinski definition) is 3. The summed E-state index contributed by atoms with van der Waals surface area (Å²) in [6, 6.07) is 8.33. The lowest BCUT2D eigenvalue weighted by Gasteiger charge is -2.03. The summed E-state index contributed by atoms with van der Waals surface area (Å²) in [4.78, 5) is 22.0. The molecule has 0 N–H and O–H groups in total. The lowest BCUT2D eigenvalue weighted by atomic mass is 10.2. The Hall–Kier alpha value is -1.71. The number of hydrogen-bond donors (Lipinski definition) is 0. The third-order valence-corrected chi connectivity index (χ3v) is 1.74. The Morgan fingerprint density at radius 2 is 1.93 bits per heavy atom. The van der Waals surface area contributed by atoms with E-state index in [0.717, 1.165) is 6.92 Å². The Morgan fingerprint density at radius 3 is 2.47 bits per heavy atom. The van der Waals surface area contributed by atoms with Crippen LogP contribution in [0.25, 0.3) is 0 Å². The molecule has 1 atom stereocenters. The highest BCUT2D eigenvalue weighted by Crippen LogP contribution is 2.09. The average Bonchev–Trinajstić information content (AvgIpc) is 2.18. The average molecular weight is 210 g/mol. The smallest absolute Gasteiger partial charge is 0.318 e. The summed E-state index contributed by atoms with van der Waals surface area (Å²) < 4.78 is 17.2. The molecule has 0 radical (unpaired) electrons.